The molecule has 0 spiro atoms. The van der Waals surface area contributed by atoms with Crippen molar-refractivity contribution in [1.82, 2.24) is 20.2 Å². The smallest absolute Gasteiger partial charge is 0.387 e. The van der Waals surface area contributed by atoms with Crippen molar-refractivity contribution in [2.24, 2.45) is 5.92 Å². The average Bonchev–Trinajstić information content (AvgIpc) is 3.56. The molecule has 1 heterocycles. The summed E-state index contributed by atoms with van der Waals surface area (Å²) in [6.07, 6.45) is 7.67. The molecule has 0 aliphatic heterocycles. The van der Waals surface area contributed by atoms with Crippen LogP contribution in [0.3, 0.4) is 0 Å². The zero-order valence-corrected chi connectivity index (χ0v) is 20.0. The molecule has 0 bridgehead atoms. The summed E-state index contributed by atoms with van der Waals surface area (Å²) < 4.78 is 38.6. The Morgan fingerprint density at radius 3 is 2.60 bits per heavy atom. The predicted molar refractivity (Wildman–Crippen MR) is 128 cm³/mol. The summed E-state index contributed by atoms with van der Waals surface area (Å²) in [6, 6.07) is 12.1. The molecule has 2 aliphatic rings. The van der Waals surface area contributed by atoms with Gasteiger partial charge in [-0.1, -0.05) is 43.0 Å². The highest BCUT2D eigenvalue weighted by molar-refractivity contribution is 6.30. The number of hydrogen-bond acceptors (Lipinski definition) is 6. The largest absolute Gasteiger partial charge is 0.489 e. The molecular weight excluding hydrogens is 476 g/mol. The van der Waals surface area contributed by atoms with Crippen molar-refractivity contribution in [3.8, 4) is 11.5 Å². The van der Waals surface area contributed by atoms with Crippen molar-refractivity contribution < 1.29 is 18.3 Å². The molecule has 2 aliphatic carbocycles. The summed E-state index contributed by atoms with van der Waals surface area (Å²) in [6.45, 7) is -2.47. The minimum absolute atomic E-state index is 0.0118. The summed E-state index contributed by atoms with van der Waals surface area (Å²) in [7, 11) is 0. The number of alkyl halides is 2. The van der Waals surface area contributed by atoms with E-state index in [2.05, 4.69) is 20.8 Å². The third kappa shape index (κ3) is 6.01. The van der Waals surface area contributed by atoms with Crippen LogP contribution in [0.25, 0.3) is 0 Å². The number of benzene rings is 2. The van der Waals surface area contributed by atoms with E-state index in [4.69, 9.17) is 21.1 Å². The van der Waals surface area contributed by atoms with Gasteiger partial charge in [0.2, 0.25) is 0 Å². The lowest BCUT2D eigenvalue weighted by Gasteiger charge is -2.26. The first-order valence-corrected chi connectivity index (χ1v) is 12.5. The number of nitrogens with one attached hydrogen (secondary N) is 1. The number of aromatic nitrogens is 4. The number of nitrogens with zero attached hydrogens (tertiary/aromatic N) is 4. The van der Waals surface area contributed by atoms with Crippen LogP contribution < -0.4 is 14.8 Å². The first-order chi connectivity index (χ1) is 17.1. The van der Waals surface area contributed by atoms with Crippen molar-refractivity contribution in [1.29, 1.82) is 0 Å². The highest BCUT2D eigenvalue weighted by Crippen LogP contribution is 2.38. The van der Waals surface area contributed by atoms with E-state index in [9.17, 15) is 8.78 Å². The second-order valence-corrected chi connectivity index (χ2v) is 9.64. The topological polar surface area (TPSA) is 74.1 Å². The lowest BCUT2D eigenvalue weighted by Crippen LogP contribution is -2.23. The number of halogens is 3. The Labute approximate surface area is 207 Å². The van der Waals surface area contributed by atoms with Crippen LogP contribution in [0.4, 0.5) is 14.5 Å². The second kappa shape index (κ2) is 10.8. The van der Waals surface area contributed by atoms with Gasteiger partial charge in [-0.15, -0.1) is 5.10 Å². The lowest BCUT2D eigenvalue weighted by molar-refractivity contribution is -0.0515. The van der Waals surface area contributed by atoms with Crippen molar-refractivity contribution in [2.75, 3.05) is 11.9 Å². The van der Waals surface area contributed by atoms with Gasteiger partial charge >= 0.3 is 6.61 Å². The molecule has 5 rings (SSSR count). The zero-order valence-electron chi connectivity index (χ0n) is 19.2. The fraction of sp³-hybridized carbons (Fsp3) is 0.480. The number of hydrogen-bond donors (Lipinski definition) is 1. The van der Waals surface area contributed by atoms with E-state index in [1.165, 1.54) is 12.5 Å². The lowest BCUT2D eigenvalue weighted by atomic mass is 9.95. The zero-order chi connectivity index (χ0) is 24.2. The van der Waals surface area contributed by atoms with E-state index in [1.807, 2.05) is 22.9 Å². The van der Waals surface area contributed by atoms with E-state index in [-0.39, 0.29) is 17.5 Å². The average molecular weight is 504 g/mol. The third-order valence-electron chi connectivity index (χ3n) is 6.52. The Bertz CT molecular complexity index is 1130. The SMILES string of the molecule is FC(F)Oc1ccc(C(Nc2cccc(Cl)c2)c2nnnn2C2CCCCC2)cc1OCC1CC1. The van der Waals surface area contributed by atoms with Crippen LogP contribution in [0.2, 0.25) is 5.02 Å². The molecule has 0 radical (unpaired) electrons. The van der Waals surface area contributed by atoms with Crippen LogP contribution in [0.1, 0.15) is 68.4 Å². The molecule has 1 N–H and O–H groups in total. The molecule has 186 valence electrons. The monoisotopic (exact) mass is 503 g/mol. The van der Waals surface area contributed by atoms with Crippen molar-refractivity contribution in [2.45, 2.75) is 63.6 Å². The molecule has 3 aromatic rings. The van der Waals surface area contributed by atoms with Crippen LogP contribution in [-0.4, -0.2) is 33.4 Å². The van der Waals surface area contributed by atoms with E-state index in [0.29, 0.717) is 23.4 Å². The molecule has 1 aromatic heterocycles. The van der Waals surface area contributed by atoms with E-state index in [1.54, 1.807) is 18.2 Å². The normalized spacial score (nSPS) is 17.4. The minimum atomic E-state index is -2.94. The molecule has 10 heteroatoms. The highest BCUT2D eigenvalue weighted by Gasteiger charge is 2.28. The molecular formula is C25H28ClF2N5O2. The molecule has 35 heavy (non-hydrogen) atoms. The predicted octanol–water partition coefficient (Wildman–Crippen LogP) is 6.42. The molecule has 0 amide bonds. The maximum absolute atomic E-state index is 13.0. The van der Waals surface area contributed by atoms with Gasteiger partial charge in [0.25, 0.3) is 0 Å². The van der Waals surface area contributed by atoms with Crippen molar-refractivity contribution >= 4 is 17.3 Å². The van der Waals surface area contributed by atoms with Crippen molar-refractivity contribution in [3.05, 3.63) is 58.9 Å². The quantitative estimate of drug-likeness (QED) is 0.344. The molecule has 2 fully saturated rings. The second-order valence-electron chi connectivity index (χ2n) is 9.20. The van der Waals surface area contributed by atoms with Crippen LogP contribution in [0.5, 0.6) is 11.5 Å². The molecule has 2 saturated carbocycles. The van der Waals surface area contributed by atoms with Crippen LogP contribution in [0.15, 0.2) is 42.5 Å². The Hall–Kier alpha value is -2.94. The third-order valence-corrected chi connectivity index (χ3v) is 6.76. The summed E-state index contributed by atoms with van der Waals surface area (Å²) in [5, 5.41) is 16.8. The first-order valence-electron chi connectivity index (χ1n) is 12.1. The summed E-state index contributed by atoms with van der Waals surface area (Å²) in [5.74, 6) is 1.40. The van der Waals surface area contributed by atoms with Gasteiger partial charge in [0.1, 0.15) is 6.04 Å². The molecule has 0 saturated heterocycles. The van der Waals surface area contributed by atoms with Crippen LogP contribution in [-0.2, 0) is 0 Å². The highest BCUT2D eigenvalue weighted by atomic mass is 35.5. The summed E-state index contributed by atoms with van der Waals surface area (Å²) in [4.78, 5) is 0. The Kier molecular flexibility index (Phi) is 7.32. The molecule has 1 atom stereocenters. The summed E-state index contributed by atoms with van der Waals surface area (Å²) in [5.41, 5.74) is 1.55. The van der Waals surface area contributed by atoms with E-state index < -0.39 is 12.7 Å². The Morgan fingerprint density at radius 1 is 1.03 bits per heavy atom. The number of anilines is 1. The van der Waals surface area contributed by atoms with Gasteiger partial charge in [-0.3, -0.25) is 0 Å². The molecule has 2 aromatic carbocycles. The standard InChI is InChI=1S/C25H28ClF2N5O2/c26-18-5-4-6-19(14-18)29-23(24-30-31-32-33(24)20-7-2-1-3-8-20)17-11-12-21(35-25(27)28)22(13-17)34-15-16-9-10-16/h4-6,11-14,16,20,23,25,29H,1-3,7-10,15H2. The number of rotatable bonds is 10. The fourth-order valence-electron chi connectivity index (χ4n) is 4.52. The van der Waals surface area contributed by atoms with Crippen molar-refractivity contribution in [3.63, 3.8) is 0 Å². The maximum Gasteiger partial charge on any atom is 0.387 e. The fourth-order valence-corrected chi connectivity index (χ4v) is 4.71. The van der Waals surface area contributed by atoms with Gasteiger partial charge in [0.05, 0.1) is 12.6 Å². The van der Waals surface area contributed by atoms with Crippen LogP contribution in [0, 0.1) is 5.92 Å². The first kappa shape index (κ1) is 23.8. The Balaban J connectivity index is 1.52. The van der Waals surface area contributed by atoms with E-state index in [0.717, 1.165) is 49.8 Å². The maximum atomic E-state index is 13.0. The van der Waals surface area contributed by atoms with Gasteiger partial charge in [-0.25, -0.2) is 4.68 Å². The number of ether oxygens (including phenoxy) is 2. The Morgan fingerprint density at radius 2 is 1.86 bits per heavy atom. The van der Waals surface area contributed by atoms with Crippen LogP contribution >= 0.6 is 11.6 Å². The van der Waals surface area contributed by atoms with Gasteiger partial charge in [0, 0.05) is 10.7 Å². The van der Waals surface area contributed by atoms with Gasteiger partial charge in [0.15, 0.2) is 17.3 Å². The van der Waals surface area contributed by atoms with E-state index >= 15 is 0 Å². The molecule has 1 unspecified atom stereocenters. The summed E-state index contributed by atoms with van der Waals surface area (Å²) >= 11 is 6.23. The van der Waals surface area contributed by atoms with Gasteiger partial charge < -0.3 is 14.8 Å². The minimum Gasteiger partial charge on any atom is -0.489 e. The van der Waals surface area contributed by atoms with Gasteiger partial charge in [-0.2, -0.15) is 8.78 Å². The van der Waals surface area contributed by atoms with Gasteiger partial charge in [-0.05, 0) is 77.9 Å². The number of tetrazole rings is 1. The molecule has 7 nitrogen and oxygen atoms in total.